The Bertz CT molecular complexity index is 1540. The Morgan fingerprint density at radius 1 is 1.17 bits per heavy atom. The van der Waals surface area contributed by atoms with Crippen LogP contribution in [-0.4, -0.2) is 41.1 Å². The van der Waals surface area contributed by atoms with Gasteiger partial charge in [0.15, 0.2) is 0 Å². The summed E-state index contributed by atoms with van der Waals surface area (Å²) in [4.78, 5) is 26.6. The number of ether oxygens (including phenoxy) is 2. The topological polar surface area (TPSA) is 111 Å². The van der Waals surface area contributed by atoms with Crippen LogP contribution in [0.4, 0.5) is 5.69 Å². The second-order valence-electron chi connectivity index (χ2n) is 8.17. The van der Waals surface area contributed by atoms with Crippen molar-refractivity contribution in [2.24, 2.45) is 7.05 Å². The highest BCUT2D eigenvalue weighted by molar-refractivity contribution is 6.31. The highest BCUT2D eigenvalue weighted by Gasteiger charge is 2.24. The average Bonchev–Trinajstić information content (AvgIpc) is 3.24. The smallest absolute Gasteiger partial charge is 0.252 e. The SMILES string of the molecule is COCCC(C(=O)Nc1ccc2nn(C)cc2c1)n1cc(OC)c(-c2cc(Cl)ccc2C#N)cc1=O. The Kier molecular flexibility index (Phi) is 7.38. The number of fused-ring (bicyclic) bond motifs is 1. The van der Waals surface area contributed by atoms with Gasteiger partial charge in [-0.2, -0.15) is 10.4 Å². The van der Waals surface area contributed by atoms with Crippen LogP contribution in [-0.2, 0) is 16.6 Å². The van der Waals surface area contributed by atoms with E-state index in [0.717, 1.165) is 10.9 Å². The third kappa shape index (κ3) is 5.10. The lowest BCUT2D eigenvalue weighted by Crippen LogP contribution is -2.34. The van der Waals surface area contributed by atoms with E-state index in [4.69, 9.17) is 21.1 Å². The van der Waals surface area contributed by atoms with Crippen molar-refractivity contribution in [1.29, 1.82) is 5.26 Å². The molecule has 1 unspecified atom stereocenters. The summed E-state index contributed by atoms with van der Waals surface area (Å²) < 4.78 is 13.8. The maximum Gasteiger partial charge on any atom is 0.252 e. The fourth-order valence-corrected chi connectivity index (χ4v) is 4.23. The maximum atomic E-state index is 13.4. The first-order chi connectivity index (χ1) is 17.3. The number of nitrogens with one attached hydrogen (secondary N) is 1. The van der Waals surface area contributed by atoms with Gasteiger partial charge in [-0.1, -0.05) is 11.6 Å². The lowest BCUT2D eigenvalue weighted by atomic mass is 10.00. The zero-order chi connectivity index (χ0) is 25.8. The minimum Gasteiger partial charge on any atom is -0.495 e. The minimum absolute atomic E-state index is 0.250. The van der Waals surface area contributed by atoms with E-state index in [1.54, 1.807) is 28.9 Å². The zero-order valence-electron chi connectivity index (χ0n) is 20.0. The highest BCUT2D eigenvalue weighted by Crippen LogP contribution is 2.33. The van der Waals surface area contributed by atoms with E-state index in [0.29, 0.717) is 33.1 Å². The number of hydrogen-bond acceptors (Lipinski definition) is 6. The van der Waals surface area contributed by atoms with Crippen LogP contribution >= 0.6 is 11.6 Å². The number of benzene rings is 2. The lowest BCUT2D eigenvalue weighted by molar-refractivity contribution is -0.119. The van der Waals surface area contributed by atoms with Gasteiger partial charge in [0, 0.05) is 66.7 Å². The zero-order valence-corrected chi connectivity index (χ0v) is 20.7. The Balaban J connectivity index is 1.73. The van der Waals surface area contributed by atoms with Gasteiger partial charge >= 0.3 is 0 Å². The number of carbonyl (C=O) groups is 1. The number of carbonyl (C=O) groups excluding carboxylic acids is 1. The molecule has 2 aromatic carbocycles. The summed E-state index contributed by atoms with van der Waals surface area (Å²) in [7, 11) is 4.81. The van der Waals surface area contributed by atoms with Crippen LogP contribution in [0.5, 0.6) is 5.75 Å². The van der Waals surface area contributed by atoms with E-state index < -0.39 is 11.6 Å². The molecular weight excluding hydrogens is 482 g/mol. The molecule has 0 spiro atoms. The Hall–Kier alpha value is -4.13. The van der Waals surface area contributed by atoms with Gasteiger partial charge in [-0.15, -0.1) is 0 Å². The molecule has 0 aliphatic heterocycles. The maximum absolute atomic E-state index is 13.4. The van der Waals surface area contributed by atoms with Crippen LogP contribution in [0.25, 0.3) is 22.0 Å². The molecule has 1 N–H and O–H groups in total. The first kappa shape index (κ1) is 25.0. The molecule has 36 heavy (non-hydrogen) atoms. The van der Waals surface area contributed by atoms with E-state index in [1.165, 1.54) is 31.0 Å². The van der Waals surface area contributed by atoms with Crippen molar-refractivity contribution in [3.8, 4) is 22.9 Å². The molecule has 4 aromatic rings. The quantitative estimate of drug-likeness (QED) is 0.385. The van der Waals surface area contributed by atoms with Crippen LogP contribution in [0.2, 0.25) is 5.02 Å². The third-order valence-electron chi connectivity index (χ3n) is 5.78. The number of nitrogens with zero attached hydrogens (tertiary/aromatic N) is 4. The van der Waals surface area contributed by atoms with Gasteiger partial charge in [0.2, 0.25) is 5.91 Å². The van der Waals surface area contributed by atoms with Crippen LogP contribution in [0.15, 0.2) is 59.7 Å². The van der Waals surface area contributed by atoms with Crippen molar-refractivity contribution >= 4 is 34.1 Å². The van der Waals surface area contributed by atoms with Crippen molar-refractivity contribution in [2.75, 3.05) is 26.1 Å². The molecule has 1 amide bonds. The number of pyridine rings is 1. The number of amides is 1. The second kappa shape index (κ2) is 10.6. The number of hydrogen-bond donors (Lipinski definition) is 1. The standard InChI is InChI=1S/C26H24ClN5O4/c1-31-14-17-10-19(6-7-22(17)30-31)29-26(34)23(8-9-35-2)32-15-24(36-3)21(12-25(32)33)20-11-18(27)5-4-16(20)13-28/h4-7,10-12,14-15,23H,8-9H2,1-3H3,(H,29,34). The summed E-state index contributed by atoms with van der Waals surface area (Å²) in [6, 6.07) is 12.8. The number of nitriles is 1. The summed E-state index contributed by atoms with van der Waals surface area (Å²) in [6.45, 7) is 0.253. The molecule has 0 saturated heterocycles. The Morgan fingerprint density at radius 3 is 2.69 bits per heavy atom. The Labute approximate surface area is 212 Å². The predicted molar refractivity (Wildman–Crippen MR) is 137 cm³/mol. The second-order valence-corrected chi connectivity index (χ2v) is 8.60. The molecule has 0 saturated carbocycles. The van der Waals surface area contributed by atoms with E-state index in [1.807, 2.05) is 25.4 Å². The summed E-state index contributed by atoms with van der Waals surface area (Å²) in [5, 5.41) is 18.1. The number of rotatable bonds is 8. The van der Waals surface area contributed by atoms with E-state index in [-0.39, 0.29) is 18.9 Å². The number of anilines is 1. The van der Waals surface area contributed by atoms with Crippen molar-refractivity contribution in [1.82, 2.24) is 14.3 Å². The molecule has 10 heteroatoms. The summed E-state index contributed by atoms with van der Waals surface area (Å²) in [5.41, 5.74) is 2.17. The first-order valence-electron chi connectivity index (χ1n) is 11.1. The molecule has 0 aliphatic rings. The molecule has 2 heterocycles. The van der Waals surface area contributed by atoms with Crippen LogP contribution in [0, 0.1) is 11.3 Å². The molecule has 184 valence electrons. The van der Waals surface area contributed by atoms with Gasteiger partial charge in [0.1, 0.15) is 11.8 Å². The first-order valence-corrected chi connectivity index (χ1v) is 11.5. The van der Waals surface area contributed by atoms with Crippen molar-refractivity contribution in [3.05, 3.63) is 75.8 Å². The highest BCUT2D eigenvalue weighted by atomic mass is 35.5. The molecule has 9 nitrogen and oxygen atoms in total. The largest absolute Gasteiger partial charge is 0.495 e. The fourth-order valence-electron chi connectivity index (χ4n) is 4.06. The average molecular weight is 506 g/mol. The van der Waals surface area contributed by atoms with Crippen molar-refractivity contribution in [3.63, 3.8) is 0 Å². The monoisotopic (exact) mass is 505 g/mol. The molecule has 2 aromatic heterocycles. The van der Waals surface area contributed by atoms with Gasteiger partial charge in [-0.25, -0.2) is 0 Å². The van der Waals surface area contributed by atoms with Gasteiger partial charge in [-0.3, -0.25) is 18.8 Å². The third-order valence-corrected chi connectivity index (χ3v) is 6.01. The van der Waals surface area contributed by atoms with Crippen LogP contribution < -0.4 is 15.6 Å². The normalized spacial score (nSPS) is 11.8. The van der Waals surface area contributed by atoms with Crippen molar-refractivity contribution in [2.45, 2.75) is 12.5 Å². The number of methoxy groups -OCH3 is 2. The van der Waals surface area contributed by atoms with Gasteiger partial charge in [0.25, 0.3) is 5.56 Å². The van der Waals surface area contributed by atoms with Crippen LogP contribution in [0.1, 0.15) is 18.0 Å². The van der Waals surface area contributed by atoms with E-state index >= 15 is 0 Å². The number of aromatic nitrogens is 3. The predicted octanol–water partition coefficient (Wildman–Crippen LogP) is 4.15. The molecule has 0 radical (unpaired) electrons. The molecular formula is C26H24ClN5O4. The van der Waals surface area contributed by atoms with Gasteiger partial charge in [0.05, 0.1) is 30.5 Å². The van der Waals surface area contributed by atoms with Crippen molar-refractivity contribution < 1.29 is 14.3 Å². The van der Waals surface area contributed by atoms with Gasteiger partial charge < -0.3 is 14.8 Å². The Morgan fingerprint density at radius 2 is 1.97 bits per heavy atom. The molecule has 1 atom stereocenters. The van der Waals surface area contributed by atoms with E-state index in [9.17, 15) is 14.9 Å². The number of halogens is 1. The fraction of sp³-hybridized carbons (Fsp3) is 0.231. The minimum atomic E-state index is -0.875. The molecule has 4 rings (SSSR count). The lowest BCUT2D eigenvalue weighted by Gasteiger charge is -2.21. The molecule has 0 bridgehead atoms. The van der Waals surface area contributed by atoms with E-state index in [2.05, 4.69) is 16.5 Å². The molecule has 0 fully saturated rings. The number of aryl methyl sites for hydroxylation is 1. The summed E-state index contributed by atoms with van der Waals surface area (Å²) in [5.74, 6) is -0.0620. The summed E-state index contributed by atoms with van der Waals surface area (Å²) >= 11 is 6.15. The van der Waals surface area contributed by atoms with Gasteiger partial charge in [-0.05, 0) is 36.4 Å². The van der Waals surface area contributed by atoms with Crippen LogP contribution in [0.3, 0.4) is 0 Å². The summed E-state index contributed by atoms with van der Waals surface area (Å²) in [6.07, 6.45) is 3.58. The molecule has 0 aliphatic carbocycles.